The summed E-state index contributed by atoms with van der Waals surface area (Å²) in [6.07, 6.45) is 0. The second-order valence-electron chi connectivity index (χ2n) is 6.35. The van der Waals surface area contributed by atoms with Crippen LogP contribution in [0.25, 0.3) is 0 Å². The van der Waals surface area contributed by atoms with E-state index in [0.717, 1.165) is 4.90 Å². The first-order valence-electron chi connectivity index (χ1n) is 9.10. The number of anilines is 1. The Morgan fingerprint density at radius 2 is 1.73 bits per heavy atom. The maximum Gasteiger partial charge on any atom is 0.338 e. The average molecular weight is 412 g/mol. The molecule has 0 fully saturated rings. The van der Waals surface area contributed by atoms with Crippen molar-refractivity contribution in [2.24, 2.45) is 0 Å². The van der Waals surface area contributed by atoms with Crippen molar-refractivity contribution in [1.82, 2.24) is 4.90 Å². The Hall–Kier alpha value is -3.88. The van der Waals surface area contributed by atoms with Gasteiger partial charge in [0.1, 0.15) is 0 Å². The molecule has 3 amide bonds. The van der Waals surface area contributed by atoms with E-state index in [4.69, 9.17) is 14.2 Å². The molecule has 0 spiro atoms. The van der Waals surface area contributed by atoms with E-state index in [1.54, 1.807) is 13.0 Å². The molecule has 156 valence electrons. The van der Waals surface area contributed by atoms with Crippen molar-refractivity contribution in [3.05, 3.63) is 53.1 Å². The molecule has 1 N–H and O–H groups in total. The number of ether oxygens (including phenoxy) is 3. The number of carbonyl (C=O) groups excluding carboxylic acids is 4. The summed E-state index contributed by atoms with van der Waals surface area (Å²) < 4.78 is 15.6. The lowest BCUT2D eigenvalue weighted by Crippen LogP contribution is -2.24. The molecule has 1 aliphatic heterocycles. The molecule has 0 radical (unpaired) electrons. The number of carbonyl (C=O) groups is 4. The van der Waals surface area contributed by atoms with Crippen LogP contribution in [0.3, 0.4) is 0 Å². The summed E-state index contributed by atoms with van der Waals surface area (Å²) in [5, 5.41) is 2.54. The third-order valence-corrected chi connectivity index (χ3v) is 4.41. The largest absolute Gasteiger partial charge is 0.493 e. The van der Waals surface area contributed by atoms with Gasteiger partial charge in [-0.3, -0.25) is 19.3 Å². The van der Waals surface area contributed by atoms with Crippen molar-refractivity contribution in [3.8, 4) is 11.5 Å². The number of benzene rings is 2. The second-order valence-corrected chi connectivity index (χ2v) is 6.35. The van der Waals surface area contributed by atoms with Crippen molar-refractivity contribution >= 4 is 29.4 Å². The molecule has 0 atom stereocenters. The van der Waals surface area contributed by atoms with Crippen LogP contribution in [-0.4, -0.2) is 56.0 Å². The average Bonchev–Trinajstić information content (AvgIpc) is 2.96. The summed E-state index contributed by atoms with van der Waals surface area (Å²) in [6, 6.07) is 8.93. The SMILES string of the molecule is CCOc1cc(C(=O)OCC(=O)Nc2ccc3c(c2)C(=O)N(C)C3=O)ccc1OC. The van der Waals surface area contributed by atoms with Crippen LogP contribution in [0.5, 0.6) is 11.5 Å². The maximum atomic E-state index is 12.2. The molecule has 0 aromatic heterocycles. The summed E-state index contributed by atoms with van der Waals surface area (Å²) in [4.78, 5) is 49.3. The zero-order valence-electron chi connectivity index (χ0n) is 16.7. The van der Waals surface area contributed by atoms with Gasteiger partial charge in [-0.05, 0) is 43.3 Å². The van der Waals surface area contributed by atoms with Crippen LogP contribution >= 0.6 is 0 Å². The van der Waals surface area contributed by atoms with E-state index in [9.17, 15) is 19.2 Å². The first-order valence-corrected chi connectivity index (χ1v) is 9.10. The fraction of sp³-hybridized carbons (Fsp3) is 0.238. The number of nitrogens with one attached hydrogen (secondary N) is 1. The zero-order valence-corrected chi connectivity index (χ0v) is 16.7. The number of amides is 3. The molecule has 9 heteroatoms. The number of hydrogen-bond donors (Lipinski definition) is 1. The Kier molecular flexibility index (Phi) is 6.01. The van der Waals surface area contributed by atoms with Gasteiger partial charge < -0.3 is 19.5 Å². The van der Waals surface area contributed by atoms with Crippen LogP contribution in [0.4, 0.5) is 5.69 Å². The molecule has 0 unspecified atom stereocenters. The third-order valence-electron chi connectivity index (χ3n) is 4.41. The predicted octanol–water partition coefficient (Wildman–Crippen LogP) is 2.12. The lowest BCUT2D eigenvalue weighted by Gasteiger charge is -2.11. The topological polar surface area (TPSA) is 111 Å². The van der Waals surface area contributed by atoms with Crippen molar-refractivity contribution in [2.75, 3.05) is 32.7 Å². The molecule has 0 aliphatic carbocycles. The van der Waals surface area contributed by atoms with Crippen molar-refractivity contribution in [2.45, 2.75) is 6.92 Å². The molecule has 0 saturated heterocycles. The third kappa shape index (κ3) is 4.09. The van der Waals surface area contributed by atoms with E-state index in [1.807, 2.05) is 0 Å². The maximum absolute atomic E-state index is 12.2. The summed E-state index contributed by atoms with van der Waals surface area (Å²) in [5.41, 5.74) is 1.00. The van der Waals surface area contributed by atoms with E-state index in [-0.39, 0.29) is 16.7 Å². The number of fused-ring (bicyclic) bond motifs is 1. The summed E-state index contributed by atoms with van der Waals surface area (Å²) in [5.74, 6) is -1.27. The van der Waals surface area contributed by atoms with Crippen LogP contribution in [0, 0.1) is 0 Å². The Morgan fingerprint density at radius 3 is 2.43 bits per heavy atom. The molecule has 0 bridgehead atoms. The smallest absolute Gasteiger partial charge is 0.338 e. The van der Waals surface area contributed by atoms with Gasteiger partial charge in [0.25, 0.3) is 17.7 Å². The minimum absolute atomic E-state index is 0.205. The van der Waals surface area contributed by atoms with Gasteiger partial charge in [0.15, 0.2) is 18.1 Å². The van der Waals surface area contributed by atoms with Crippen molar-refractivity contribution in [1.29, 1.82) is 0 Å². The lowest BCUT2D eigenvalue weighted by atomic mass is 10.1. The number of hydrogen-bond acceptors (Lipinski definition) is 7. The standard InChI is InChI=1S/C21H20N2O7/c1-4-29-17-9-12(5-8-16(17)28-3)21(27)30-11-18(24)22-13-6-7-14-15(10-13)20(26)23(2)19(14)25/h5-10H,4,11H2,1-3H3,(H,22,24). The lowest BCUT2D eigenvalue weighted by molar-refractivity contribution is -0.119. The molecule has 30 heavy (non-hydrogen) atoms. The Labute approximate surface area is 172 Å². The van der Waals surface area contributed by atoms with E-state index >= 15 is 0 Å². The van der Waals surface area contributed by atoms with E-state index in [2.05, 4.69) is 5.32 Å². The van der Waals surface area contributed by atoms with Crippen LogP contribution in [-0.2, 0) is 9.53 Å². The Morgan fingerprint density at radius 1 is 1.00 bits per heavy atom. The second kappa shape index (κ2) is 8.64. The summed E-state index contributed by atoms with van der Waals surface area (Å²) in [6.45, 7) is 1.66. The van der Waals surface area contributed by atoms with Crippen LogP contribution in [0.15, 0.2) is 36.4 Å². The van der Waals surface area contributed by atoms with Gasteiger partial charge in [0.2, 0.25) is 0 Å². The molecule has 1 aliphatic rings. The fourth-order valence-electron chi connectivity index (χ4n) is 2.92. The highest BCUT2D eigenvalue weighted by Crippen LogP contribution is 2.28. The van der Waals surface area contributed by atoms with Crippen molar-refractivity contribution < 1.29 is 33.4 Å². The Balaban J connectivity index is 1.62. The number of nitrogens with zero attached hydrogens (tertiary/aromatic N) is 1. The normalized spacial score (nSPS) is 12.4. The highest BCUT2D eigenvalue weighted by molar-refractivity contribution is 6.21. The number of esters is 1. The molecular formula is C21H20N2O7. The van der Waals surface area contributed by atoms with E-state index < -0.39 is 30.3 Å². The van der Waals surface area contributed by atoms with Crippen LogP contribution < -0.4 is 14.8 Å². The molecule has 9 nitrogen and oxygen atoms in total. The van der Waals surface area contributed by atoms with E-state index in [1.165, 1.54) is 44.5 Å². The molecule has 1 heterocycles. The first kappa shape index (κ1) is 20.8. The first-order chi connectivity index (χ1) is 14.3. The van der Waals surface area contributed by atoms with E-state index in [0.29, 0.717) is 23.8 Å². The molecule has 0 saturated carbocycles. The van der Waals surface area contributed by atoms with Crippen LogP contribution in [0.1, 0.15) is 38.0 Å². The van der Waals surface area contributed by atoms with Gasteiger partial charge in [0.05, 0.1) is 30.4 Å². The predicted molar refractivity (Wildman–Crippen MR) is 106 cm³/mol. The van der Waals surface area contributed by atoms with Crippen LogP contribution in [0.2, 0.25) is 0 Å². The minimum Gasteiger partial charge on any atom is -0.493 e. The fourth-order valence-corrected chi connectivity index (χ4v) is 2.92. The summed E-state index contributed by atoms with van der Waals surface area (Å²) in [7, 11) is 2.87. The zero-order chi connectivity index (χ0) is 21.8. The highest BCUT2D eigenvalue weighted by atomic mass is 16.5. The number of imide groups is 1. The quantitative estimate of drug-likeness (QED) is 0.548. The Bertz CT molecular complexity index is 1030. The molecule has 3 rings (SSSR count). The number of methoxy groups -OCH3 is 1. The van der Waals surface area contributed by atoms with Gasteiger partial charge >= 0.3 is 5.97 Å². The van der Waals surface area contributed by atoms with Gasteiger partial charge in [-0.15, -0.1) is 0 Å². The molecule has 2 aromatic rings. The highest BCUT2D eigenvalue weighted by Gasteiger charge is 2.32. The minimum atomic E-state index is -0.704. The summed E-state index contributed by atoms with van der Waals surface area (Å²) >= 11 is 0. The van der Waals surface area contributed by atoms with Gasteiger partial charge in [0, 0.05) is 12.7 Å². The molecular weight excluding hydrogens is 392 g/mol. The monoisotopic (exact) mass is 412 g/mol. The molecule has 2 aromatic carbocycles. The van der Waals surface area contributed by atoms with Gasteiger partial charge in [-0.2, -0.15) is 0 Å². The van der Waals surface area contributed by atoms with Gasteiger partial charge in [-0.25, -0.2) is 4.79 Å². The van der Waals surface area contributed by atoms with Gasteiger partial charge in [-0.1, -0.05) is 0 Å². The number of rotatable bonds is 7. The van der Waals surface area contributed by atoms with Crippen molar-refractivity contribution in [3.63, 3.8) is 0 Å².